The molecule has 1 aliphatic carbocycles. The molecule has 0 saturated heterocycles. The molecule has 2 heteroatoms. The van der Waals surface area contributed by atoms with E-state index in [9.17, 15) is 0 Å². The molecule has 1 heterocycles. The smallest absolute Gasteiger partial charge is 0.126 e. The fourth-order valence-corrected chi connectivity index (χ4v) is 1.81. The lowest BCUT2D eigenvalue weighted by Gasteiger charge is -2.18. The summed E-state index contributed by atoms with van der Waals surface area (Å²) in [5.74, 6) is 1.00. The number of aromatic nitrogens is 1. The standard InChI is InChI=1S/C14H22N2/c1-13(2,3)10-6-7-12(15-9-10)16-11-8-14(11,4)5/h6-7,9,11H,8H2,1-5H3,(H,15,16). The molecule has 1 N–H and O–H groups in total. The molecule has 1 unspecified atom stereocenters. The number of pyridine rings is 1. The summed E-state index contributed by atoms with van der Waals surface area (Å²) in [5, 5.41) is 3.47. The van der Waals surface area contributed by atoms with Crippen molar-refractivity contribution < 1.29 is 0 Å². The highest BCUT2D eigenvalue weighted by Gasteiger charge is 2.45. The first-order chi connectivity index (χ1) is 7.29. The summed E-state index contributed by atoms with van der Waals surface area (Å²) >= 11 is 0. The second kappa shape index (κ2) is 3.47. The van der Waals surface area contributed by atoms with Gasteiger partial charge in [0.2, 0.25) is 0 Å². The molecule has 0 amide bonds. The highest BCUT2D eigenvalue weighted by atomic mass is 15.1. The molecule has 1 aromatic heterocycles. The van der Waals surface area contributed by atoms with Crippen LogP contribution in [0, 0.1) is 5.41 Å². The SMILES string of the molecule is CC(C)(C)c1ccc(NC2CC2(C)C)nc1. The van der Waals surface area contributed by atoms with Crippen LogP contribution in [0.2, 0.25) is 0 Å². The van der Waals surface area contributed by atoms with Crippen LogP contribution in [-0.2, 0) is 5.41 Å². The third kappa shape index (κ3) is 2.37. The van der Waals surface area contributed by atoms with Gasteiger partial charge in [-0.1, -0.05) is 40.7 Å². The molecule has 0 bridgehead atoms. The summed E-state index contributed by atoms with van der Waals surface area (Å²) in [6.07, 6.45) is 3.23. The summed E-state index contributed by atoms with van der Waals surface area (Å²) in [7, 11) is 0. The Bertz CT molecular complexity index is 371. The van der Waals surface area contributed by atoms with E-state index in [1.165, 1.54) is 12.0 Å². The van der Waals surface area contributed by atoms with Gasteiger partial charge in [-0.15, -0.1) is 0 Å². The van der Waals surface area contributed by atoms with Crippen molar-refractivity contribution in [3.63, 3.8) is 0 Å². The molecule has 1 aliphatic rings. The van der Waals surface area contributed by atoms with E-state index in [0.29, 0.717) is 11.5 Å². The third-order valence-corrected chi connectivity index (χ3v) is 3.47. The van der Waals surface area contributed by atoms with E-state index in [2.05, 4.69) is 57.1 Å². The second-order valence-electron chi connectivity index (χ2n) is 6.57. The average molecular weight is 218 g/mol. The van der Waals surface area contributed by atoms with Crippen molar-refractivity contribution in [3.05, 3.63) is 23.9 Å². The first kappa shape index (κ1) is 11.4. The fraction of sp³-hybridized carbons (Fsp3) is 0.643. The molecule has 0 spiro atoms. The van der Waals surface area contributed by atoms with Crippen molar-refractivity contribution >= 4 is 5.82 Å². The number of anilines is 1. The summed E-state index contributed by atoms with van der Waals surface area (Å²) in [6, 6.07) is 4.86. The minimum Gasteiger partial charge on any atom is -0.367 e. The van der Waals surface area contributed by atoms with Crippen LogP contribution in [0.25, 0.3) is 0 Å². The monoisotopic (exact) mass is 218 g/mol. The van der Waals surface area contributed by atoms with Gasteiger partial charge in [-0.25, -0.2) is 4.98 Å². The molecule has 2 nitrogen and oxygen atoms in total. The van der Waals surface area contributed by atoms with E-state index in [4.69, 9.17) is 0 Å². The quantitative estimate of drug-likeness (QED) is 0.820. The van der Waals surface area contributed by atoms with E-state index < -0.39 is 0 Å². The molecule has 1 aromatic rings. The molecule has 88 valence electrons. The molecule has 0 aliphatic heterocycles. The summed E-state index contributed by atoms with van der Waals surface area (Å²) in [6.45, 7) is 11.2. The molecule has 1 fully saturated rings. The van der Waals surface area contributed by atoms with Crippen LogP contribution in [0.4, 0.5) is 5.82 Å². The Morgan fingerprint density at radius 3 is 2.31 bits per heavy atom. The van der Waals surface area contributed by atoms with Crippen molar-refractivity contribution in [1.82, 2.24) is 4.98 Å². The zero-order valence-corrected chi connectivity index (χ0v) is 11.0. The maximum atomic E-state index is 4.48. The number of nitrogens with zero attached hydrogens (tertiary/aromatic N) is 1. The Morgan fingerprint density at radius 2 is 1.94 bits per heavy atom. The zero-order chi connectivity index (χ0) is 12.0. The highest BCUT2D eigenvalue weighted by Crippen LogP contribution is 2.46. The predicted octanol–water partition coefficient (Wildman–Crippen LogP) is 3.59. The van der Waals surface area contributed by atoms with Gasteiger partial charge >= 0.3 is 0 Å². The third-order valence-electron chi connectivity index (χ3n) is 3.47. The van der Waals surface area contributed by atoms with Crippen LogP contribution in [0.5, 0.6) is 0 Å². The van der Waals surface area contributed by atoms with Gasteiger partial charge in [-0.2, -0.15) is 0 Å². The van der Waals surface area contributed by atoms with Gasteiger partial charge in [-0.3, -0.25) is 0 Å². The molecule has 16 heavy (non-hydrogen) atoms. The molecule has 1 atom stereocenters. The van der Waals surface area contributed by atoms with Gasteiger partial charge in [0, 0.05) is 12.2 Å². The predicted molar refractivity (Wildman–Crippen MR) is 68.7 cm³/mol. The molecular formula is C14H22N2. The fourth-order valence-electron chi connectivity index (χ4n) is 1.81. The van der Waals surface area contributed by atoms with Crippen LogP contribution in [0.3, 0.4) is 0 Å². The van der Waals surface area contributed by atoms with Gasteiger partial charge in [-0.05, 0) is 28.9 Å². The lowest BCUT2D eigenvalue weighted by molar-refractivity contribution is 0.587. The van der Waals surface area contributed by atoms with E-state index in [-0.39, 0.29) is 5.41 Å². The minimum atomic E-state index is 0.185. The number of hydrogen-bond donors (Lipinski definition) is 1. The van der Waals surface area contributed by atoms with E-state index in [1.807, 2.05) is 6.20 Å². The number of nitrogens with one attached hydrogen (secondary N) is 1. The first-order valence-corrected chi connectivity index (χ1v) is 6.02. The number of rotatable bonds is 2. The Hall–Kier alpha value is -1.05. The minimum absolute atomic E-state index is 0.185. The van der Waals surface area contributed by atoms with Crippen molar-refractivity contribution in [2.75, 3.05) is 5.32 Å². The van der Waals surface area contributed by atoms with Crippen molar-refractivity contribution in [2.45, 2.75) is 52.5 Å². The topological polar surface area (TPSA) is 24.9 Å². The van der Waals surface area contributed by atoms with Gasteiger partial charge < -0.3 is 5.32 Å². The van der Waals surface area contributed by atoms with Crippen molar-refractivity contribution in [3.8, 4) is 0 Å². The zero-order valence-electron chi connectivity index (χ0n) is 11.0. The van der Waals surface area contributed by atoms with Gasteiger partial charge in [0.15, 0.2) is 0 Å². The van der Waals surface area contributed by atoms with Crippen molar-refractivity contribution in [1.29, 1.82) is 0 Å². The van der Waals surface area contributed by atoms with Crippen LogP contribution >= 0.6 is 0 Å². The van der Waals surface area contributed by atoms with E-state index in [1.54, 1.807) is 0 Å². The Kier molecular flexibility index (Phi) is 2.48. The lowest BCUT2D eigenvalue weighted by Crippen LogP contribution is -2.13. The Balaban J connectivity index is 2.03. The van der Waals surface area contributed by atoms with Gasteiger partial charge in [0.25, 0.3) is 0 Å². The average Bonchev–Trinajstić information content (AvgIpc) is 2.73. The van der Waals surface area contributed by atoms with Crippen LogP contribution in [-0.4, -0.2) is 11.0 Å². The summed E-state index contributed by atoms with van der Waals surface area (Å²) in [4.78, 5) is 4.48. The molecule has 1 saturated carbocycles. The molecule has 0 radical (unpaired) electrons. The highest BCUT2D eigenvalue weighted by molar-refractivity contribution is 5.40. The molecule has 0 aromatic carbocycles. The maximum absolute atomic E-state index is 4.48. The summed E-state index contributed by atoms with van der Waals surface area (Å²) < 4.78 is 0. The number of hydrogen-bond acceptors (Lipinski definition) is 2. The lowest BCUT2D eigenvalue weighted by atomic mass is 9.88. The van der Waals surface area contributed by atoms with Crippen LogP contribution in [0.15, 0.2) is 18.3 Å². The Labute approximate surface area is 98.5 Å². The maximum Gasteiger partial charge on any atom is 0.126 e. The largest absolute Gasteiger partial charge is 0.367 e. The second-order valence-corrected chi connectivity index (χ2v) is 6.57. The molecular weight excluding hydrogens is 196 g/mol. The van der Waals surface area contributed by atoms with Crippen LogP contribution < -0.4 is 5.32 Å². The van der Waals surface area contributed by atoms with E-state index in [0.717, 1.165) is 5.82 Å². The normalized spacial score (nSPS) is 22.9. The molecule has 2 rings (SSSR count). The van der Waals surface area contributed by atoms with Gasteiger partial charge in [0.1, 0.15) is 5.82 Å². The summed E-state index contributed by atoms with van der Waals surface area (Å²) in [5.41, 5.74) is 1.92. The van der Waals surface area contributed by atoms with Gasteiger partial charge in [0.05, 0.1) is 0 Å². The first-order valence-electron chi connectivity index (χ1n) is 6.02. The van der Waals surface area contributed by atoms with Crippen LogP contribution in [0.1, 0.15) is 46.6 Å². The Morgan fingerprint density at radius 1 is 1.31 bits per heavy atom. The van der Waals surface area contributed by atoms with E-state index >= 15 is 0 Å². The van der Waals surface area contributed by atoms with Crippen molar-refractivity contribution in [2.24, 2.45) is 5.41 Å².